The van der Waals surface area contributed by atoms with Gasteiger partial charge in [0.2, 0.25) is 0 Å². The van der Waals surface area contributed by atoms with E-state index in [4.69, 9.17) is 4.42 Å². The Hall–Kier alpha value is -1.02. The maximum absolute atomic E-state index is 4.99. The van der Waals surface area contributed by atoms with E-state index >= 15 is 0 Å². The Morgan fingerprint density at radius 1 is 1.58 bits per heavy atom. The van der Waals surface area contributed by atoms with Crippen LogP contribution in [0.1, 0.15) is 25.5 Å². The third kappa shape index (κ3) is 2.24. The Morgan fingerprint density at radius 2 is 2.33 bits per heavy atom. The highest BCUT2D eigenvalue weighted by Crippen LogP contribution is 2.12. The Bertz CT molecular complexity index is 228. The highest BCUT2D eigenvalue weighted by molar-refractivity contribution is 5.10. The molecule has 1 heterocycles. The molecule has 0 fully saturated rings. The predicted molar refractivity (Wildman–Crippen MR) is 49.9 cm³/mol. The predicted octanol–water partition coefficient (Wildman–Crippen LogP) is 2.50. The average molecular weight is 165 g/mol. The lowest BCUT2D eigenvalue weighted by atomic mass is 10.1. The maximum atomic E-state index is 4.99. The van der Waals surface area contributed by atoms with Gasteiger partial charge in [-0.05, 0) is 19.9 Å². The van der Waals surface area contributed by atoms with Gasteiger partial charge in [0.15, 0.2) is 0 Å². The van der Waals surface area contributed by atoms with E-state index in [2.05, 4.69) is 25.7 Å². The van der Waals surface area contributed by atoms with E-state index in [0.29, 0.717) is 12.1 Å². The summed E-state index contributed by atoms with van der Waals surface area (Å²) in [6, 6.07) is 2.61. The van der Waals surface area contributed by atoms with Crippen molar-refractivity contribution in [3.05, 3.63) is 36.8 Å². The first kappa shape index (κ1) is 9.07. The van der Waals surface area contributed by atoms with Crippen LogP contribution < -0.4 is 5.32 Å². The lowest BCUT2D eigenvalue weighted by Gasteiger charge is -2.15. The second-order valence-electron chi connectivity index (χ2n) is 2.97. The molecule has 0 amide bonds. The van der Waals surface area contributed by atoms with Crippen LogP contribution in [0.2, 0.25) is 0 Å². The van der Waals surface area contributed by atoms with Crippen LogP contribution in [0.15, 0.2) is 35.7 Å². The zero-order chi connectivity index (χ0) is 8.97. The Kier molecular flexibility index (Phi) is 3.11. The largest absolute Gasteiger partial charge is 0.472 e. The molecule has 0 spiro atoms. The van der Waals surface area contributed by atoms with E-state index in [9.17, 15) is 0 Å². The minimum Gasteiger partial charge on any atom is -0.472 e. The molecule has 2 unspecified atom stereocenters. The highest BCUT2D eigenvalue weighted by atomic mass is 16.3. The van der Waals surface area contributed by atoms with Gasteiger partial charge in [0.05, 0.1) is 12.5 Å². The van der Waals surface area contributed by atoms with Crippen LogP contribution >= 0.6 is 0 Å². The fourth-order valence-electron chi connectivity index (χ4n) is 1.08. The summed E-state index contributed by atoms with van der Waals surface area (Å²) in [5.74, 6) is 0. The van der Waals surface area contributed by atoms with Crippen LogP contribution in [-0.4, -0.2) is 6.04 Å². The van der Waals surface area contributed by atoms with Gasteiger partial charge in [-0.25, -0.2) is 0 Å². The van der Waals surface area contributed by atoms with Crippen molar-refractivity contribution in [1.82, 2.24) is 5.32 Å². The summed E-state index contributed by atoms with van der Waals surface area (Å²) in [5, 5.41) is 3.35. The Morgan fingerprint density at radius 3 is 2.83 bits per heavy atom. The summed E-state index contributed by atoms with van der Waals surface area (Å²) in [6.45, 7) is 7.88. The summed E-state index contributed by atoms with van der Waals surface area (Å²) in [7, 11) is 0. The van der Waals surface area contributed by atoms with Gasteiger partial charge in [0, 0.05) is 17.6 Å². The van der Waals surface area contributed by atoms with Crippen LogP contribution in [0.4, 0.5) is 0 Å². The van der Waals surface area contributed by atoms with Crippen LogP contribution in [0.3, 0.4) is 0 Å². The normalized spacial score (nSPS) is 15.5. The fourth-order valence-corrected chi connectivity index (χ4v) is 1.08. The van der Waals surface area contributed by atoms with Crippen molar-refractivity contribution in [1.29, 1.82) is 0 Å². The molecule has 0 bridgehead atoms. The van der Waals surface area contributed by atoms with Crippen molar-refractivity contribution in [2.75, 3.05) is 0 Å². The molecule has 0 saturated heterocycles. The molecule has 12 heavy (non-hydrogen) atoms. The minimum absolute atomic E-state index is 0.316. The fraction of sp³-hybridized carbons (Fsp3) is 0.400. The standard InChI is InChI=1S/C10H15NO/c1-4-8(2)11-9(3)10-5-6-12-7-10/h4-9,11H,1H2,2-3H3. The molecule has 0 radical (unpaired) electrons. The molecule has 1 aromatic heterocycles. The van der Waals surface area contributed by atoms with E-state index in [1.54, 1.807) is 12.5 Å². The second-order valence-corrected chi connectivity index (χ2v) is 2.97. The van der Waals surface area contributed by atoms with Gasteiger partial charge in [0.25, 0.3) is 0 Å². The van der Waals surface area contributed by atoms with Crippen LogP contribution in [0.25, 0.3) is 0 Å². The average Bonchev–Trinajstić information content (AvgIpc) is 2.56. The molecule has 0 aliphatic heterocycles. The maximum Gasteiger partial charge on any atom is 0.0950 e. The van der Waals surface area contributed by atoms with E-state index < -0.39 is 0 Å². The van der Waals surface area contributed by atoms with Gasteiger partial charge in [-0.15, -0.1) is 6.58 Å². The molecule has 1 N–H and O–H groups in total. The molecule has 0 aliphatic rings. The third-order valence-corrected chi connectivity index (χ3v) is 1.91. The zero-order valence-corrected chi connectivity index (χ0v) is 7.58. The lowest BCUT2D eigenvalue weighted by molar-refractivity contribution is 0.519. The number of hydrogen-bond acceptors (Lipinski definition) is 2. The van der Waals surface area contributed by atoms with E-state index in [-0.39, 0.29) is 0 Å². The number of nitrogens with one attached hydrogen (secondary N) is 1. The molecule has 1 rings (SSSR count). The summed E-state index contributed by atoms with van der Waals surface area (Å²) < 4.78 is 4.99. The topological polar surface area (TPSA) is 25.2 Å². The summed E-state index contributed by atoms with van der Waals surface area (Å²) in [6.07, 6.45) is 5.33. The molecular formula is C10H15NO. The van der Waals surface area contributed by atoms with Crippen molar-refractivity contribution in [3.63, 3.8) is 0 Å². The second kappa shape index (κ2) is 4.12. The van der Waals surface area contributed by atoms with E-state index in [1.807, 2.05) is 12.1 Å². The van der Waals surface area contributed by atoms with Gasteiger partial charge in [-0.3, -0.25) is 0 Å². The quantitative estimate of drug-likeness (QED) is 0.693. The smallest absolute Gasteiger partial charge is 0.0950 e. The monoisotopic (exact) mass is 165 g/mol. The van der Waals surface area contributed by atoms with Crippen molar-refractivity contribution < 1.29 is 4.42 Å². The highest BCUT2D eigenvalue weighted by Gasteiger charge is 2.07. The first-order valence-corrected chi connectivity index (χ1v) is 4.14. The van der Waals surface area contributed by atoms with Crippen molar-refractivity contribution >= 4 is 0 Å². The summed E-state index contributed by atoms with van der Waals surface area (Å²) in [4.78, 5) is 0. The molecule has 0 aliphatic carbocycles. The first-order chi connectivity index (χ1) is 5.74. The SMILES string of the molecule is C=CC(C)NC(C)c1ccoc1. The van der Waals surface area contributed by atoms with E-state index in [0.717, 1.165) is 0 Å². The summed E-state index contributed by atoms with van der Waals surface area (Å²) >= 11 is 0. The lowest BCUT2D eigenvalue weighted by Crippen LogP contribution is -2.26. The first-order valence-electron chi connectivity index (χ1n) is 4.14. The molecule has 1 aromatic rings. The summed E-state index contributed by atoms with van der Waals surface area (Å²) in [5.41, 5.74) is 1.17. The van der Waals surface area contributed by atoms with Crippen molar-refractivity contribution in [2.45, 2.75) is 25.9 Å². The van der Waals surface area contributed by atoms with Gasteiger partial charge < -0.3 is 9.73 Å². The molecule has 2 heteroatoms. The van der Waals surface area contributed by atoms with Gasteiger partial charge in [-0.2, -0.15) is 0 Å². The number of rotatable bonds is 4. The molecular weight excluding hydrogens is 150 g/mol. The van der Waals surface area contributed by atoms with Crippen molar-refractivity contribution in [3.8, 4) is 0 Å². The van der Waals surface area contributed by atoms with Gasteiger partial charge in [0.1, 0.15) is 0 Å². The van der Waals surface area contributed by atoms with Crippen LogP contribution in [-0.2, 0) is 0 Å². The van der Waals surface area contributed by atoms with Gasteiger partial charge >= 0.3 is 0 Å². The van der Waals surface area contributed by atoms with Crippen molar-refractivity contribution in [2.24, 2.45) is 0 Å². The molecule has 0 aromatic carbocycles. The minimum atomic E-state index is 0.316. The van der Waals surface area contributed by atoms with E-state index in [1.165, 1.54) is 5.56 Å². The van der Waals surface area contributed by atoms with Crippen LogP contribution in [0.5, 0.6) is 0 Å². The number of furan rings is 1. The van der Waals surface area contributed by atoms with Crippen LogP contribution in [0, 0.1) is 0 Å². The molecule has 0 saturated carbocycles. The third-order valence-electron chi connectivity index (χ3n) is 1.91. The van der Waals surface area contributed by atoms with Gasteiger partial charge in [-0.1, -0.05) is 6.08 Å². The Balaban J connectivity index is 2.49. The number of hydrogen-bond donors (Lipinski definition) is 1. The zero-order valence-electron chi connectivity index (χ0n) is 7.58. The molecule has 2 atom stereocenters. The molecule has 66 valence electrons. The Labute approximate surface area is 73.3 Å². The molecule has 2 nitrogen and oxygen atoms in total.